The first kappa shape index (κ1) is 15.6. The third kappa shape index (κ3) is 5.48. The van der Waals surface area contributed by atoms with Crippen LogP contribution in [0.2, 0.25) is 0 Å². The standard InChI is InChI=1S/C11H15Cl3N2O2/c1-2-4-9(17)16-10(11(12,13)14)15-7-8-5-3-6-18-8/h3,5-6,10,15H,2,4,7H2,1H3,(H,16,17)/p+1/t10-/m0/s1. The number of alkyl halides is 3. The van der Waals surface area contributed by atoms with Crippen molar-refractivity contribution in [2.24, 2.45) is 0 Å². The molecule has 0 aliphatic carbocycles. The average molecular weight is 315 g/mol. The topological polar surface area (TPSA) is 58.9 Å². The van der Waals surface area contributed by atoms with Crippen LogP contribution in [0.4, 0.5) is 0 Å². The number of carbonyl (C=O) groups excluding carboxylic acids is 1. The van der Waals surface area contributed by atoms with E-state index in [0.29, 0.717) is 13.0 Å². The van der Waals surface area contributed by atoms with Gasteiger partial charge in [0.05, 0.1) is 6.26 Å². The minimum absolute atomic E-state index is 0.135. The van der Waals surface area contributed by atoms with Crippen molar-refractivity contribution in [3.05, 3.63) is 24.2 Å². The van der Waals surface area contributed by atoms with Gasteiger partial charge in [0, 0.05) is 6.42 Å². The van der Waals surface area contributed by atoms with E-state index in [2.05, 4.69) is 5.32 Å². The maximum atomic E-state index is 11.5. The number of halogens is 3. The molecular formula is C11H16Cl3N2O2+. The van der Waals surface area contributed by atoms with E-state index < -0.39 is 9.96 Å². The summed E-state index contributed by atoms with van der Waals surface area (Å²) in [5, 5.41) is 4.41. The van der Waals surface area contributed by atoms with Crippen LogP contribution in [-0.2, 0) is 11.3 Å². The quantitative estimate of drug-likeness (QED) is 0.623. The Hall–Kier alpha value is -0.420. The van der Waals surface area contributed by atoms with Gasteiger partial charge in [0.15, 0.2) is 5.76 Å². The molecule has 1 atom stereocenters. The summed E-state index contributed by atoms with van der Waals surface area (Å²) >= 11 is 17.5. The van der Waals surface area contributed by atoms with E-state index in [0.717, 1.165) is 12.2 Å². The lowest BCUT2D eigenvalue weighted by atomic mass is 10.3. The molecule has 1 aromatic rings. The van der Waals surface area contributed by atoms with Crippen molar-refractivity contribution in [2.75, 3.05) is 0 Å². The van der Waals surface area contributed by atoms with E-state index in [1.807, 2.05) is 13.0 Å². The van der Waals surface area contributed by atoms with Gasteiger partial charge in [-0.15, -0.1) is 0 Å². The van der Waals surface area contributed by atoms with Crippen molar-refractivity contribution < 1.29 is 14.5 Å². The van der Waals surface area contributed by atoms with Gasteiger partial charge < -0.3 is 15.1 Å². The summed E-state index contributed by atoms with van der Waals surface area (Å²) in [4.78, 5) is 11.5. The second-order valence-electron chi connectivity index (χ2n) is 3.86. The van der Waals surface area contributed by atoms with E-state index in [4.69, 9.17) is 39.2 Å². The van der Waals surface area contributed by atoms with Crippen LogP contribution in [0.25, 0.3) is 0 Å². The lowest BCUT2D eigenvalue weighted by molar-refractivity contribution is -0.708. The van der Waals surface area contributed by atoms with Gasteiger partial charge in [-0.1, -0.05) is 41.7 Å². The highest BCUT2D eigenvalue weighted by Gasteiger charge is 2.37. The van der Waals surface area contributed by atoms with E-state index in [1.165, 1.54) is 0 Å². The van der Waals surface area contributed by atoms with Crippen molar-refractivity contribution in [2.45, 2.75) is 36.3 Å². The summed E-state index contributed by atoms with van der Waals surface area (Å²) in [5.74, 6) is 0.614. The Balaban J connectivity index is 2.53. The van der Waals surface area contributed by atoms with Crippen LogP contribution in [0.1, 0.15) is 25.5 Å². The molecule has 0 bridgehead atoms. The fourth-order valence-electron chi connectivity index (χ4n) is 1.41. The van der Waals surface area contributed by atoms with Gasteiger partial charge in [0.2, 0.25) is 12.1 Å². The minimum atomic E-state index is -1.57. The molecule has 1 rings (SSSR count). The molecule has 1 aromatic heterocycles. The van der Waals surface area contributed by atoms with Crippen molar-refractivity contribution in [3.63, 3.8) is 0 Å². The molecule has 0 saturated carbocycles. The Kier molecular flexibility index (Phi) is 6.29. The summed E-state index contributed by atoms with van der Waals surface area (Å²) < 4.78 is 3.60. The van der Waals surface area contributed by atoms with Gasteiger partial charge in [-0.2, -0.15) is 0 Å². The van der Waals surface area contributed by atoms with E-state index >= 15 is 0 Å². The van der Waals surface area contributed by atoms with Crippen LogP contribution in [0, 0.1) is 0 Å². The highest BCUT2D eigenvalue weighted by atomic mass is 35.6. The number of carbonyl (C=O) groups is 1. The average Bonchev–Trinajstić information content (AvgIpc) is 2.75. The predicted molar refractivity (Wildman–Crippen MR) is 71.5 cm³/mol. The molecule has 0 aromatic carbocycles. The van der Waals surface area contributed by atoms with Gasteiger partial charge in [0.25, 0.3) is 3.79 Å². The van der Waals surface area contributed by atoms with Crippen molar-refractivity contribution in [1.29, 1.82) is 0 Å². The third-order valence-electron chi connectivity index (χ3n) is 2.28. The highest BCUT2D eigenvalue weighted by Crippen LogP contribution is 2.27. The van der Waals surface area contributed by atoms with Crippen LogP contribution in [0.3, 0.4) is 0 Å². The first-order valence-corrected chi connectivity index (χ1v) is 6.78. The van der Waals surface area contributed by atoms with Crippen LogP contribution in [0.5, 0.6) is 0 Å². The lowest BCUT2D eigenvalue weighted by Crippen LogP contribution is -2.95. The number of rotatable bonds is 6. The molecule has 0 fully saturated rings. The normalized spacial score (nSPS) is 13.3. The fourth-order valence-corrected chi connectivity index (χ4v) is 1.84. The molecule has 0 aliphatic rings. The number of hydrogen-bond acceptors (Lipinski definition) is 2. The molecule has 102 valence electrons. The summed E-state index contributed by atoms with van der Waals surface area (Å²) in [5.41, 5.74) is 0. The van der Waals surface area contributed by atoms with Crippen LogP contribution < -0.4 is 10.6 Å². The molecule has 1 heterocycles. The number of amides is 1. The first-order valence-electron chi connectivity index (χ1n) is 5.65. The van der Waals surface area contributed by atoms with Gasteiger partial charge in [-0.3, -0.25) is 4.79 Å². The van der Waals surface area contributed by atoms with Crippen LogP contribution in [-0.4, -0.2) is 15.9 Å². The van der Waals surface area contributed by atoms with Crippen LogP contribution in [0.15, 0.2) is 22.8 Å². The minimum Gasteiger partial charge on any atom is -0.463 e. The van der Waals surface area contributed by atoms with Crippen molar-refractivity contribution >= 4 is 40.7 Å². The summed E-state index contributed by atoms with van der Waals surface area (Å²) in [7, 11) is 0. The second kappa shape index (κ2) is 7.24. The second-order valence-corrected chi connectivity index (χ2v) is 6.22. The number of nitrogens with two attached hydrogens (primary N) is 1. The number of furan rings is 1. The Labute approximate surface area is 121 Å². The third-order valence-corrected chi connectivity index (χ3v) is 2.99. The summed E-state index contributed by atoms with van der Waals surface area (Å²) in [6, 6.07) is 3.60. The molecule has 3 N–H and O–H groups in total. The fraction of sp³-hybridized carbons (Fsp3) is 0.545. The Morgan fingerprint density at radius 1 is 1.56 bits per heavy atom. The lowest BCUT2D eigenvalue weighted by Gasteiger charge is -2.22. The maximum Gasteiger partial charge on any atom is 0.262 e. The molecule has 0 aliphatic heterocycles. The molecule has 0 radical (unpaired) electrons. The van der Waals surface area contributed by atoms with Gasteiger partial charge in [-0.25, -0.2) is 0 Å². The number of hydrogen-bond donors (Lipinski definition) is 2. The van der Waals surface area contributed by atoms with Crippen molar-refractivity contribution in [3.8, 4) is 0 Å². The van der Waals surface area contributed by atoms with E-state index in [9.17, 15) is 4.79 Å². The zero-order valence-corrected chi connectivity index (χ0v) is 12.2. The molecule has 4 nitrogen and oxygen atoms in total. The molecule has 0 spiro atoms. The monoisotopic (exact) mass is 313 g/mol. The zero-order chi connectivity index (χ0) is 13.6. The largest absolute Gasteiger partial charge is 0.463 e. The van der Waals surface area contributed by atoms with Gasteiger partial charge in [-0.05, 0) is 18.6 Å². The number of nitrogens with one attached hydrogen (secondary N) is 1. The summed E-state index contributed by atoms with van der Waals surface area (Å²) in [6.07, 6.45) is 2.08. The van der Waals surface area contributed by atoms with E-state index in [1.54, 1.807) is 17.6 Å². The van der Waals surface area contributed by atoms with E-state index in [-0.39, 0.29) is 5.91 Å². The smallest absolute Gasteiger partial charge is 0.262 e. The summed E-state index contributed by atoms with van der Waals surface area (Å²) in [6.45, 7) is 2.40. The zero-order valence-electron chi connectivity index (χ0n) is 9.96. The molecule has 7 heteroatoms. The highest BCUT2D eigenvalue weighted by molar-refractivity contribution is 6.68. The Morgan fingerprint density at radius 2 is 2.28 bits per heavy atom. The predicted octanol–water partition coefficient (Wildman–Crippen LogP) is 1.96. The van der Waals surface area contributed by atoms with Crippen LogP contribution >= 0.6 is 34.8 Å². The SMILES string of the molecule is CCCC(=O)N[C@H]([NH2+]Cc1ccco1)C(Cl)(Cl)Cl. The molecule has 0 unspecified atom stereocenters. The van der Waals surface area contributed by atoms with Crippen molar-refractivity contribution in [1.82, 2.24) is 5.32 Å². The first-order chi connectivity index (χ1) is 8.43. The van der Waals surface area contributed by atoms with Gasteiger partial charge in [0.1, 0.15) is 6.54 Å². The van der Waals surface area contributed by atoms with Gasteiger partial charge >= 0.3 is 0 Å². The Morgan fingerprint density at radius 3 is 2.78 bits per heavy atom. The molecule has 1 amide bonds. The number of quaternary nitrogens is 1. The maximum absolute atomic E-state index is 11.5. The Bertz CT molecular complexity index is 363. The molecule has 0 saturated heterocycles. The molecule has 18 heavy (non-hydrogen) atoms. The molecular weight excluding hydrogens is 298 g/mol.